The molecule has 0 aliphatic carbocycles. The van der Waals surface area contributed by atoms with Gasteiger partial charge >= 0.3 is 6.18 Å². The van der Waals surface area contributed by atoms with Gasteiger partial charge in [-0.25, -0.2) is 9.37 Å². The standard InChI is InChI=1S/C20H11F4NO/c21-16-4-2-1-3-15(16)19-25-17-10-7-13(11-18(17)26-19)12-5-8-14(9-6-12)20(22,23)24/h1-11H. The molecule has 0 bridgehead atoms. The van der Waals surface area contributed by atoms with Crippen LogP contribution in [0.5, 0.6) is 0 Å². The molecule has 26 heavy (non-hydrogen) atoms. The summed E-state index contributed by atoms with van der Waals surface area (Å²) in [5, 5.41) is 0. The summed E-state index contributed by atoms with van der Waals surface area (Å²) in [5.41, 5.74) is 1.81. The molecule has 3 aromatic carbocycles. The van der Waals surface area contributed by atoms with Crippen LogP contribution in [-0.2, 0) is 6.18 Å². The summed E-state index contributed by atoms with van der Waals surface area (Å²) in [5.74, 6) is -0.287. The number of halogens is 4. The molecule has 0 spiro atoms. The molecule has 4 rings (SSSR count). The molecule has 0 N–H and O–H groups in total. The number of alkyl halides is 3. The maximum atomic E-state index is 13.9. The average Bonchev–Trinajstić information content (AvgIpc) is 3.04. The molecular formula is C20H11F4NO. The molecule has 0 aliphatic rings. The third-order valence-electron chi connectivity index (χ3n) is 4.04. The summed E-state index contributed by atoms with van der Waals surface area (Å²) in [6, 6.07) is 16.1. The first-order valence-corrected chi connectivity index (χ1v) is 7.75. The largest absolute Gasteiger partial charge is 0.436 e. The van der Waals surface area contributed by atoms with Crippen LogP contribution in [0.4, 0.5) is 17.6 Å². The molecule has 1 aromatic heterocycles. The minimum Gasteiger partial charge on any atom is -0.436 e. The van der Waals surface area contributed by atoms with E-state index in [1.807, 2.05) is 0 Å². The second-order valence-electron chi connectivity index (χ2n) is 5.76. The van der Waals surface area contributed by atoms with Crippen LogP contribution in [0.25, 0.3) is 33.7 Å². The van der Waals surface area contributed by atoms with Crippen molar-refractivity contribution in [1.82, 2.24) is 4.98 Å². The van der Waals surface area contributed by atoms with Crippen LogP contribution in [-0.4, -0.2) is 4.98 Å². The molecule has 0 saturated heterocycles. The Kier molecular flexibility index (Phi) is 3.76. The molecule has 0 atom stereocenters. The molecule has 0 fully saturated rings. The summed E-state index contributed by atoms with van der Waals surface area (Å²) < 4.78 is 57.6. The van der Waals surface area contributed by atoms with E-state index in [1.54, 1.807) is 36.4 Å². The lowest BCUT2D eigenvalue weighted by molar-refractivity contribution is -0.137. The van der Waals surface area contributed by atoms with Crippen molar-refractivity contribution in [3.8, 4) is 22.6 Å². The number of fused-ring (bicyclic) bond motifs is 1. The van der Waals surface area contributed by atoms with Crippen molar-refractivity contribution in [3.05, 3.63) is 78.1 Å². The van der Waals surface area contributed by atoms with Crippen LogP contribution < -0.4 is 0 Å². The van der Waals surface area contributed by atoms with Gasteiger partial charge in [-0.3, -0.25) is 0 Å². The van der Waals surface area contributed by atoms with Crippen LogP contribution in [0.1, 0.15) is 5.56 Å². The zero-order chi connectivity index (χ0) is 18.3. The van der Waals surface area contributed by atoms with Crippen LogP contribution in [0.2, 0.25) is 0 Å². The first-order valence-electron chi connectivity index (χ1n) is 7.75. The fourth-order valence-corrected chi connectivity index (χ4v) is 2.71. The highest BCUT2D eigenvalue weighted by Gasteiger charge is 2.30. The predicted octanol–water partition coefficient (Wildman–Crippen LogP) is 6.32. The molecule has 1 heterocycles. The van der Waals surface area contributed by atoms with Gasteiger partial charge in [0.05, 0.1) is 11.1 Å². The smallest absolute Gasteiger partial charge is 0.416 e. The Hall–Kier alpha value is -3.15. The van der Waals surface area contributed by atoms with Crippen molar-refractivity contribution in [2.24, 2.45) is 0 Å². The molecule has 4 aromatic rings. The molecule has 130 valence electrons. The Morgan fingerprint density at radius 1 is 0.808 bits per heavy atom. The van der Waals surface area contributed by atoms with Crippen molar-refractivity contribution in [3.63, 3.8) is 0 Å². The van der Waals surface area contributed by atoms with Gasteiger partial charge in [-0.05, 0) is 47.5 Å². The van der Waals surface area contributed by atoms with Crippen molar-refractivity contribution in [1.29, 1.82) is 0 Å². The number of oxazole rings is 1. The molecule has 0 aliphatic heterocycles. The SMILES string of the molecule is Fc1ccccc1-c1nc2ccc(-c3ccc(C(F)(F)F)cc3)cc2o1. The second kappa shape index (κ2) is 5.98. The molecular weight excluding hydrogens is 346 g/mol. The maximum absolute atomic E-state index is 13.9. The maximum Gasteiger partial charge on any atom is 0.416 e. The monoisotopic (exact) mass is 357 g/mol. The summed E-state index contributed by atoms with van der Waals surface area (Å²) >= 11 is 0. The Labute approximate surface area is 145 Å². The number of aromatic nitrogens is 1. The van der Waals surface area contributed by atoms with Gasteiger partial charge in [0, 0.05) is 0 Å². The van der Waals surface area contributed by atoms with Crippen molar-refractivity contribution in [2.45, 2.75) is 6.18 Å². The van der Waals surface area contributed by atoms with E-state index >= 15 is 0 Å². The molecule has 0 unspecified atom stereocenters. The highest BCUT2D eigenvalue weighted by atomic mass is 19.4. The Morgan fingerprint density at radius 3 is 2.19 bits per heavy atom. The van der Waals surface area contributed by atoms with Gasteiger partial charge in [-0.1, -0.05) is 30.3 Å². The van der Waals surface area contributed by atoms with Crippen LogP contribution in [0.15, 0.2) is 71.1 Å². The highest BCUT2D eigenvalue weighted by Crippen LogP contribution is 2.33. The van der Waals surface area contributed by atoms with E-state index in [-0.39, 0.29) is 11.5 Å². The lowest BCUT2D eigenvalue weighted by atomic mass is 10.0. The van der Waals surface area contributed by atoms with Crippen molar-refractivity contribution in [2.75, 3.05) is 0 Å². The van der Waals surface area contributed by atoms with Gasteiger partial charge in [-0.15, -0.1) is 0 Å². The number of rotatable bonds is 2. The van der Waals surface area contributed by atoms with E-state index in [4.69, 9.17) is 4.42 Å². The fraction of sp³-hybridized carbons (Fsp3) is 0.0500. The van der Waals surface area contributed by atoms with E-state index in [0.717, 1.165) is 12.1 Å². The quantitative estimate of drug-likeness (QED) is 0.392. The highest BCUT2D eigenvalue weighted by molar-refractivity contribution is 5.82. The van der Waals surface area contributed by atoms with E-state index in [2.05, 4.69) is 4.98 Å². The minimum absolute atomic E-state index is 0.155. The number of hydrogen-bond acceptors (Lipinski definition) is 2. The van der Waals surface area contributed by atoms with E-state index < -0.39 is 17.6 Å². The number of hydrogen-bond donors (Lipinski definition) is 0. The molecule has 2 nitrogen and oxygen atoms in total. The van der Waals surface area contributed by atoms with Gasteiger partial charge < -0.3 is 4.42 Å². The van der Waals surface area contributed by atoms with Crippen molar-refractivity contribution >= 4 is 11.1 Å². The molecule has 0 amide bonds. The topological polar surface area (TPSA) is 26.0 Å². The normalized spacial score (nSPS) is 11.8. The van der Waals surface area contributed by atoms with Crippen LogP contribution in [0, 0.1) is 5.82 Å². The summed E-state index contributed by atoms with van der Waals surface area (Å²) in [6.45, 7) is 0. The number of nitrogens with zero attached hydrogens (tertiary/aromatic N) is 1. The van der Waals surface area contributed by atoms with Crippen LogP contribution >= 0.6 is 0 Å². The lowest BCUT2D eigenvalue weighted by Gasteiger charge is -2.07. The Balaban J connectivity index is 1.73. The van der Waals surface area contributed by atoms with Gasteiger partial charge in [-0.2, -0.15) is 13.2 Å². The fourth-order valence-electron chi connectivity index (χ4n) is 2.71. The zero-order valence-corrected chi connectivity index (χ0v) is 13.2. The molecule has 0 radical (unpaired) electrons. The van der Waals surface area contributed by atoms with Gasteiger partial charge in [0.2, 0.25) is 5.89 Å². The average molecular weight is 357 g/mol. The Bertz CT molecular complexity index is 1080. The van der Waals surface area contributed by atoms with Gasteiger partial charge in [0.15, 0.2) is 5.58 Å². The zero-order valence-electron chi connectivity index (χ0n) is 13.2. The lowest BCUT2D eigenvalue weighted by Crippen LogP contribution is -2.03. The minimum atomic E-state index is -4.37. The van der Waals surface area contributed by atoms with E-state index in [9.17, 15) is 17.6 Å². The van der Waals surface area contributed by atoms with E-state index in [0.29, 0.717) is 22.2 Å². The van der Waals surface area contributed by atoms with E-state index in [1.165, 1.54) is 18.2 Å². The summed E-state index contributed by atoms with van der Waals surface area (Å²) in [7, 11) is 0. The summed E-state index contributed by atoms with van der Waals surface area (Å²) in [4.78, 5) is 4.27. The predicted molar refractivity (Wildman–Crippen MR) is 89.8 cm³/mol. The summed E-state index contributed by atoms with van der Waals surface area (Å²) in [6.07, 6.45) is -4.37. The first-order chi connectivity index (χ1) is 12.4. The first kappa shape index (κ1) is 16.3. The van der Waals surface area contributed by atoms with Gasteiger partial charge in [0.1, 0.15) is 11.3 Å². The third kappa shape index (κ3) is 2.94. The second-order valence-corrected chi connectivity index (χ2v) is 5.76. The van der Waals surface area contributed by atoms with Crippen molar-refractivity contribution < 1.29 is 22.0 Å². The van der Waals surface area contributed by atoms with Gasteiger partial charge in [0.25, 0.3) is 0 Å². The number of benzene rings is 3. The molecule has 6 heteroatoms. The third-order valence-corrected chi connectivity index (χ3v) is 4.04. The Morgan fingerprint density at radius 2 is 1.50 bits per heavy atom. The molecule has 0 saturated carbocycles. The van der Waals surface area contributed by atoms with Crippen LogP contribution in [0.3, 0.4) is 0 Å².